The number of nitrogen functional groups attached to an aromatic ring is 2. The minimum atomic E-state index is 0.315. The monoisotopic (exact) mass is 243 g/mol. The van der Waals surface area contributed by atoms with Gasteiger partial charge in [0.2, 0.25) is 5.88 Å². The Morgan fingerprint density at radius 3 is 2.50 bits per heavy atom. The standard InChI is InChI=1S/C14H17N3O/c15-12-8-9-13(17-14(12)16)18-10-4-7-11-5-2-1-3-6-11/h1-3,5-6,8-9H,4,7,10,15H2,(H2,16,17). The van der Waals surface area contributed by atoms with E-state index in [1.807, 2.05) is 18.2 Å². The summed E-state index contributed by atoms with van der Waals surface area (Å²) < 4.78 is 5.52. The van der Waals surface area contributed by atoms with Gasteiger partial charge in [-0.05, 0) is 24.5 Å². The Hall–Kier alpha value is -2.23. The number of hydrogen-bond donors (Lipinski definition) is 2. The summed E-state index contributed by atoms with van der Waals surface area (Å²) in [6.45, 7) is 0.616. The lowest BCUT2D eigenvalue weighted by Gasteiger charge is -2.06. The highest BCUT2D eigenvalue weighted by Crippen LogP contribution is 2.16. The van der Waals surface area contributed by atoms with Gasteiger partial charge in [0.25, 0.3) is 0 Å². The second-order valence-corrected chi connectivity index (χ2v) is 4.06. The number of anilines is 2. The van der Waals surface area contributed by atoms with Crippen molar-refractivity contribution in [3.63, 3.8) is 0 Å². The van der Waals surface area contributed by atoms with E-state index in [2.05, 4.69) is 17.1 Å². The van der Waals surface area contributed by atoms with E-state index in [0.29, 0.717) is 24.0 Å². The lowest BCUT2D eigenvalue weighted by atomic mass is 10.1. The number of hydrogen-bond acceptors (Lipinski definition) is 4. The van der Waals surface area contributed by atoms with Crippen LogP contribution in [0.5, 0.6) is 5.88 Å². The highest BCUT2D eigenvalue weighted by atomic mass is 16.5. The number of pyridine rings is 1. The molecule has 0 radical (unpaired) electrons. The molecule has 2 rings (SSSR count). The van der Waals surface area contributed by atoms with Crippen LogP contribution in [0.2, 0.25) is 0 Å². The number of rotatable bonds is 5. The van der Waals surface area contributed by atoms with E-state index in [9.17, 15) is 0 Å². The van der Waals surface area contributed by atoms with Crippen LogP contribution in [-0.2, 0) is 6.42 Å². The van der Waals surface area contributed by atoms with Crippen molar-refractivity contribution in [3.05, 3.63) is 48.0 Å². The molecule has 2 aromatic rings. The molecule has 1 aromatic carbocycles. The van der Waals surface area contributed by atoms with Crippen molar-refractivity contribution in [3.8, 4) is 5.88 Å². The van der Waals surface area contributed by atoms with Crippen LogP contribution in [0.25, 0.3) is 0 Å². The minimum Gasteiger partial charge on any atom is -0.478 e. The maximum Gasteiger partial charge on any atom is 0.215 e. The van der Waals surface area contributed by atoms with Gasteiger partial charge >= 0.3 is 0 Å². The average Bonchev–Trinajstić information content (AvgIpc) is 2.40. The molecule has 0 atom stereocenters. The van der Waals surface area contributed by atoms with Gasteiger partial charge in [-0.3, -0.25) is 0 Å². The van der Waals surface area contributed by atoms with Gasteiger partial charge < -0.3 is 16.2 Å². The van der Waals surface area contributed by atoms with Gasteiger partial charge in [0.05, 0.1) is 12.3 Å². The van der Waals surface area contributed by atoms with Gasteiger partial charge in [-0.2, -0.15) is 4.98 Å². The summed E-state index contributed by atoms with van der Waals surface area (Å²) in [6, 6.07) is 13.7. The molecule has 0 fully saturated rings. The predicted molar refractivity (Wildman–Crippen MR) is 73.3 cm³/mol. The summed E-state index contributed by atoms with van der Waals surface area (Å²) in [7, 11) is 0. The second kappa shape index (κ2) is 5.91. The Bertz CT molecular complexity index is 500. The van der Waals surface area contributed by atoms with Crippen LogP contribution < -0.4 is 16.2 Å². The first kappa shape index (κ1) is 12.2. The van der Waals surface area contributed by atoms with Crippen molar-refractivity contribution in [2.24, 2.45) is 0 Å². The molecule has 4 N–H and O–H groups in total. The molecule has 18 heavy (non-hydrogen) atoms. The molecule has 4 heteroatoms. The average molecular weight is 243 g/mol. The van der Waals surface area contributed by atoms with Crippen molar-refractivity contribution in [2.45, 2.75) is 12.8 Å². The number of ether oxygens (including phenoxy) is 1. The van der Waals surface area contributed by atoms with Gasteiger partial charge in [0.15, 0.2) is 5.82 Å². The van der Waals surface area contributed by atoms with Crippen LogP contribution in [0, 0.1) is 0 Å². The molecule has 0 aliphatic carbocycles. The quantitative estimate of drug-likeness (QED) is 0.790. The van der Waals surface area contributed by atoms with E-state index in [1.54, 1.807) is 12.1 Å². The lowest BCUT2D eigenvalue weighted by molar-refractivity contribution is 0.300. The Balaban J connectivity index is 1.77. The molecular weight excluding hydrogens is 226 g/mol. The summed E-state index contributed by atoms with van der Waals surface area (Å²) >= 11 is 0. The molecule has 0 saturated carbocycles. The first-order valence-electron chi connectivity index (χ1n) is 5.94. The number of aryl methyl sites for hydroxylation is 1. The van der Waals surface area contributed by atoms with E-state index < -0.39 is 0 Å². The normalized spacial score (nSPS) is 10.2. The maximum absolute atomic E-state index is 5.60. The Kier molecular flexibility index (Phi) is 4.02. The summed E-state index contributed by atoms with van der Waals surface area (Å²) in [5, 5.41) is 0. The van der Waals surface area contributed by atoms with Crippen LogP contribution in [0.1, 0.15) is 12.0 Å². The van der Waals surface area contributed by atoms with E-state index >= 15 is 0 Å². The number of nitrogens with zero attached hydrogens (tertiary/aromatic N) is 1. The Morgan fingerprint density at radius 1 is 1.00 bits per heavy atom. The highest BCUT2D eigenvalue weighted by molar-refractivity contribution is 5.58. The summed E-state index contributed by atoms with van der Waals surface area (Å²) in [5.41, 5.74) is 13.0. The third kappa shape index (κ3) is 3.38. The van der Waals surface area contributed by atoms with Crippen molar-refractivity contribution < 1.29 is 4.74 Å². The highest BCUT2D eigenvalue weighted by Gasteiger charge is 2.00. The fraction of sp³-hybridized carbons (Fsp3) is 0.214. The molecule has 0 aliphatic heterocycles. The zero-order valence-corrected chi connectivity index (χ0v) is 10.2. The predicted octanol–water partition coefficient (Wildman–Crippen LogP) is 2.26. The summed E-state index contributed by atoms with van der Waals surface area (Å²) in [4.78, 5) is 4.05. The summed E-state index contributed by atoms with van der Waals surface area (Å²) in [6.07, 6.45) is 1.93. The van der Waals surface area contributed by atoms with Crippen molar-refractivity contribution in [1.82, 2.24) is 4.98 Å². The lowest BCUT2D eigenvalue weighted by Crippen LogP contribution is -2.03. The molecule has 94 valence electrons. The molecule has 1 aromatic heterocycles. The van der Waals surface area contributed by atoms with Crippen LogP contribution in [-0.4, -0.2) is 11.6 Å². The van der Waals surface area contributed by atoms with Gasteiger partial charge in [-0.25, -0.2) is 0 Å². The Morgan fingerprint density at radius 2 is 1.78 bits per heavy atom. The van der Waals surface area contributed by atoms with E-state index in [4.69, 9.17) is 16.2 Å². The first-order chi connectivity index (χ1) is 8.75. The van der Waals surface area contributed by atoms with E-state index in [1.165, 1.54) is 5.56 Å². The number of aromatic nitrogens is 1. The smallest absolute Gasteiger partial charge is 0.215 e. The van der Waals surface area contributed by atoms with Gasteiger partial charge in [0.1, 0.15) is 0 Å². The third-order valence-electron chi connectivity index (χ3n) is 2.63. The molecule has 4 nitrogen and oxygen atoms in total. The SMILES string of the molecule is Nc1ccc(OCCCc2ccccc2)nc1N. The van der Waals surface area contributed by atoms with E-state index in [0.717, 1.165) is 12.8 Å². The molecule has 1 heterocycles. The second-order valence-electron chi connectivity index (χ2n) is 4.06. The fourth-order valence-corrected chi connectivity index (χ4v) is 1.65. The van der Waals surface area contributed by atoms with Crippen molar-refractivity contribution in [1.29, 1.82) is 0 Å². The molecule has 0 unspecified atom stereocenters. The zero-order valence-electron chi connectivity index (χ0n) is 10.2. The van der Waals surface area contributed by atoms with Gasteiger partial charge in [-0.1, -0.05) is 30.3 Å². The van der Waals surface area contributed by atoms with Crippen molar-refractivity contribution >= 4 is 11.5 Å². The number of nitrogens with two attached hydrogens (primary N) is 2. The molecule has 0 saturated heterocycles. The van der Waals surface area contributed by atoms with Gasteiger partial charge in [0, 0.05) is 6.07 Å². The maximum atomic E-state index is 5.60. The summed E-state index contributed by atoms with van der Waals surface area (Å²) in [5.74, 6) is 0.838. The molecule has 0 amide bonds. The van der Waals surface area contributed by atoms with Crippen molar-refractivity contribution in [2.75, 3.05) is 18.1 Å². The van der Waals surface area contributed by atoms with Gasteiger partial charge in [-0.15, -0.1) is 0 Å². The Labute approximate surface area is 107 Å². The van der Waals surface area contributed by atoms with Crippen LogP contribution in [0.3, 0.4) is 0 Å². The van der Waals surface area contributed by atoms with Crippen LogP contribution >= 0.6 is 0 Å². The first-order valence-corrected chi connectivity index (χ1v) is 5.94. The minimum absolute atomic E-state index is 0.315. The van der Waals surface area contributed by atoms with Crippen LogP contribution in [0.4, 0.5) is 11.5 Å². The zero-order chi connectivity index (χ0) is 12.8. The molecule has 0 bridgehead atoms. The largest absolute Gasteiger partial charge is 0.478 e. The molecule has 0 aliphatic rings. The molecule has 0 spiro atoms. The topological polar surface area (TPSA) is 74.2 Å². The van der Waals surface area contributed by atoms with Crippen LogP contribution in [0.15, 0.2) is 42.5 Å². The fourth-order valence-electron chi connectivity index (χ4n) is 1.65. The number of benzene rings is 1. The van der Waals surface area contributed by atoms with E-state index in [-0.39, 0.29) is 0 Å². The third-order valence-corrected chi connectivity index (χ3v) is 2.63. The molecular formula is C14H17N3O.